The summed E-state index contributed by atoms with van der Waals surface area (Å²) in [5.41, 5.74) is 3.35. The summed E-state index contributed by atoms with van der Waals surface area (Å²) < 4.78 is 22.3. The average molecular weight is 613 g/mol. The van der Waals surface area contributed by atoms with Gasteiger partial charge in [0, 0.05) is 6.42 Å². The zero-order valence-corrected chi connectivity index (χ0v) is 24.9. The van der Waals surface area contributed by atoms with Gasteiger partial charge in [-0.1, -0.05) is 97.1 Å². The number of methoxy groups -OCH3 is 1. The van der Waals surface area contributed by atoms with E-state index in [0.717, 1.165) is 16.7 Å². The van der Waals surface area contributed by atoms with Gasteiger partial charge in [0.2, 0.25) is 5.91 Å². The van der Waals surface area contributed by atoms with E-state index in [1.54, 1.807) is 42.5 Å². The van der Waals surface area contributed by atoms with Crippen LogP contribution in [0.5, 0.6) is 11.5 Å². The first kappa shape index (κ1) is 32.6. The fraction of sp³-hybridized carbons (Fsp3) is 0.229. The van der Waals surface area contributed by atoms with Crippen molar-refractivity contribution >= 4 is 18.0 Å². The van der Waals surface area contributed by atoms with Crippen molar-refractivity contribution in [2.24, 2.45) is 0 Å². The molecule has 0 aliphatic rings. The van der Waals surface area contributed by atoms with Gasteiger partial charge in [0.05, 0.1) is 13.7 Å². The lowest BCUT2D eigenvalue weighted by molar-refractivity contribution is -0.145. The standard InChI is InChI=1S/C35H36N2O8/c1-42-34(40)29(36-33(39)30(21-38)37-35(41)45-24-27-15-9-4-10-16-27)19-28-17-18-31(43-22-25-11-5-2-6-12-25)32(20-28)44-23-26-13-7-3-8-14-26/h2-18,20,29-30,38H,19,21-24H2,1H3,(H,36,39)(H,37,41)/t29-,30+/m1/s1. The van der Waals surface area contributed by atoms with Crippen LogP contribution in [0.1, 0.15) is 22.3 Å². The molecule has 0 unspecified atom stereocenters. The van der Waals surface area contributed by atoms with Crippen molar-refractivity contribution in [2.75, 3.05) is 13.7 Å². The highest BCUT2D eigenvalue weighted by atomic mass is 16.5. The highest BCUT2D eigenvalue weighted by Crippen LogP contribution is 2.31. The highest BCUT2D eigenvalue weighted by molar-refractivity contribution is 5.89. The Morgan fingerprint density at radius 3 is 1.71 bits per heavy atom. The van der Waals surface area contributed by atoms with Crippen molar-refractivity contribution < 1.29 is 38.4 Å². The Hall–Kier alpha value is -5.35. The van der Waals surface area contributed by atoms with Crippen molar-refractivity contribution in [1.82, 2.24) is 10.6 Å². The molecule has 0 heterocycles. The van der Waals surface area contributed by atoms with E-state index in [0.29, 0.717) is 23.7 Å². The van der Waals surface area contributed by atoms with E-state index in [2.05, 4.69) is 10.6 Å². The molecule has 0 saturated carbocycles. The van der Waals surface area contributed by atoms with Crippen LogP contribution in [0.15, 0.2) is 109 Å². The number of nitrogens with one attached hydrogen (secondary N) is 2. The first-order valence-electron chi connectivity index (χ1n) is 14.4. The van der Waals surface area contributed by atoms with Crippen molar-refractivity contribution in [3.8, 4) is 11.5 Å². The number of carbonyl (C=O) groups excluding carboxylic acids is 3. The van der Waals surface area contributed by atoms with Gasteiger partial charge >= 0.3 is 12.1 Å². The summed E-state index contributed by atoms with van der Waals surface area (Å²) >= 11 is 0. The number of esters is 1. The minimum Gasteiger partial charge on any atom is -0.485 e. The zero-order chi connectivity index (χ0) is 31.9. The molecule has 4 aromatic rings. The number of hydrogen-bond acceptors (Lipinski definition) is 8. The normalized spacial score (nSPS) is 11.9. The van der Waals surface area contributed by atoms with Crippen molar-refractivity contribution in [3.63, 3.8) is 0 Å². The fourth-order valence-corrected chi connectivity index (χ4v) is 4.33. The molecule has 0 aromatic heterocycles. The topological polar surface area (TPSA) is 132 Å². The van der Waals surface area contributed by atoms with Gasteiger partial charge in [-0.15, -0.1) is 0 Å². The van der Waals surface area contributed by atoms with Crippen LogP contribution < -0.4 is 20.1 Å². The molecule has 0 saturated heterocycles. The van der Waals surface area contributed by atoms with Crippen LogP contribution in [0.3, 0.4) is 0 Å². The van der Waals surface area contributed by atoms with Gasteiger partial charge in [-0.2, -0.15) is 0 Å². The van der Waals surface area contributed by atoms with Gasteiger partial charge in [-0.25, -0.2) is 9.59 Å². The third-order valence-corrected chi connectivity index (χ3v) is 6.73. The molecule has 10 heteroatoms. The van der Waals surface area contributed by atoms with Gasteiger partial charge in [0.1, 0.15) is 31.9 Å². The second-order valence-electron chi connectivity index (χ2n) is 10.1. The van der Waals surface area contributed by atoms with E-state index in [-0.39, 0.29) is 19.6 Å². The van der Waals surface area contributed by atoms with Crippen LogP contribution in [0.4, 0.5) is 4.79 Å². The van der Waals surface area contributed by atoms with Gasteiger partial charge in [-0.05, 0) is 34.4 Å². The fourth-order valence-electron chi connectivity index (χ4n) is 4.33. The molecule has 0 spiro atoms. The Morgan fingerprint density at radius 2 is 1.18 bits per heavy atom. The Labute approximate surface area is 261 Å². The predicted molar refractivity (Wildman–Crippen MR) is 166 cm³/mol. The number of rotatable bonds is 15. The molecule has 0 aliphatic heterocycles. The van der Waals surface area contributed by atoms with Crippen LogP contribution in [-0.4, -0.2) is 48.9 Å². The second-order valence-corrected chi connectivity index (χ2v) is 10.1. The van der Waals surface area contributed by atoms with Gasteiger partial charge in [0.25, 0.3) is 0 Å². The Balaban J connectivity index is 1.44. The maximum Gasteiger partial charge on any atom is 0.408 e. The number of benzene rings is 4. The third-order valence-electron chi connectivity index (χ3n) is 6.73. The van der Waals surface area contributed by atoms with Crippen LogP contribution in [0, 0.1) is 0 Å². The largest absolute Gasteiger partial charge is 0.485 e. The molecule has 4 rings (SSSR count). The zero-order valence-electron chi connectivity index (χ0n) is 24.9. The van der Waals surface area contributed by atoms with Crippen molar-refractivity contribution in [2.45, 2.75) is 38.3 Å². The van der Waals surface area contributed by atoms with Gasteiger partial charge in [-0.3, -0.25) is 4.79 Å². The monoisotopic (exact) mass is 612 g/mol. The lowest BCUT2D eigenvalue weighted by atomic mass is 10.0. The molecule has 234 valence electrons. The minimum absolute atomic E-state index is 0.0169. The summed E-state index contributed by atoms with van der Waals surface area (Å²) in [5, 5.41) is 14.7. The summed E-state index contributed by atoms with van der Waals surface area (Å²) in [5.74, 6) is -0.523. The van der Waals surface area contributed by atoms with Gasteiger partial charge in [0.15, 0.2) is 11.5 Å². The van der Waals surface area contributed by atoms with Crippen LogP contribution in [0.2, 0.25) is 0 Å². The van der Waals surface area contributed by atoms with Gasteiger partial charge < -0.3 is 34.7 Å². The van der Waals surface area contributed by atoms with E-state index in [9.17, 15) is 19.5 Å². The number of hydrogen-bond donors (Lipinski definition) is 3. The summed E-state index contributed by atoms with van der Waals surface area (Å²) in [6.45, 7) is -0.124. The molecule has 0 aliphatic carbocycles. The predicted octanol–water partition coefficient (Wildman–Crippen LogP) is 4.33. The van der Waals surface area contributed by atoms with Crippen molar-refractivity contribution in [3.05, 3.63) is 131 Å². The van der Waals surface area contributed by atoms with E-state index in [4.69, 9.17) is 18.9 Å². The third kappa shape index (κ3) is 10.4. The van der Waals surface area contributed by atoms with Crippen LogP contribution in [0.25, 0.3) is 0 Å². The number of amides is 2. The molecule has 0 bridgehead atoms. The minimum atomic E-state index is -1.36. The highest BCUT2D eigenvalue weighted by Gasteiger charge is 2.28. The molecule has 2 amide bonds. The smallest absolute Gasteiger partial charge is 0.408 e. The Kier molecular flexibility index (Phi) is 12.4. The van der Waals surface area contributed by atoms with Crippen molar-refractivity contribution in [1.29, 1.82) is 0 Å². The Morgan fingerprint density at radius 1 is 0.644 bits per heavy atom. The first-order chi connectivity index (χ1) is 21.9. The summed E-state index contributed by atoms with van der Waals surface area (Å²) in [4.78, 5) is 38.0. The van der Waals surface area contributed by atoms with E-state index in [1.165, 1.54) is 7.11 Å². The summed E-state index contributed by atoms with van der Waals surface area (Å²) in [7, 11) is 1.21. The Bertz CT molecular complexity index is 1520. The number of ether oxygens (including phenoxy) is 4. The maximum absolute atomic E-state index is 13.0. The molecule has 45 heavy (non-hydrogen) atoms. The van der Waals surface area contributed by atoms with E-state index < -0.39 is 36.7 Å². The first-order valence-corrected chi connectivity index (χ1v) is 14.4. The number of aliphatic hydroxyl groups excluding tert-OH is 1. The van der Waals surface area contributed by atoms with Crippen LogP contribution >= 0.6 is 0 Å². The molecule has 2 atom stereocenters. The number of carbonyl (C=O) groups is 3. The molecular weight excluding hydrogens is 576 g/mol. The summed E-state index contributed by atoms with van der Waals surface area (Å²) in [6, 6.07) is 31.1. The average Bonchev–Trinajstić information content (AvgIpc) is 3.09. The van der Waals surface area contributed by atoms with Crippen LogP contribution in [-0.2, 0) is 45.3 Å². The lowest BCUT2D eigenvalue weighted by Gasteiger charge is -2.21. The molecule has 10 nitrogen and oxygen atoms in total. The molecule has 0 fully saturated rings. The maximum atomic E-state index is 13.0. The SMILES string of the molecule is COC(=O)[C@@H](Cc1ccc(OCc2ccccc2)c(OCc2ccccc2)c1)NC(=O)[C@H](CO)NC(=O)OCc1ccccc1. The molecule has 3 N–H and O–H groups in total. The summed E-state index contributed by atoms with van der Waals surface area (Å²) in [6.07, 6.45) is -0.857. The number of alkyl carbamates (subject to hydrolysis) is 1. The molecular formula is C35H36N2O8. The van der Waals surface area contributed by atoms with E-state index in [1.807, 2.05) is 66.7 Å². The quantitative estimate of drug-likeness (QED) is 0.169. The lowest BCUT2D eigenvalue weighted by Crippen LogP contribution is -2.54. The number of aliphatic hydroxyl groups is 1. The molecule has 0 radical (unpaired) electrons. The molecule has 4 aromatic carbocycles. The van der Waals surface area contributed by atoms with E-state index >= 15 is 0 Å². The second kappa shape index (κ2) is 17.1.